The second-order valence-corrected chi connectivity index (χ2v) is 4.89. The molecule has 0 fully saturated rings. The van der Waals surface area contributed by atoms with Crippen molar-refractivity contribution >= 4 is 22.4 Å². The first-order chi connectivity index (χ1) is 9.69. The van der Waals surface area contributed by atoms with Gasteiger partial charge >= 0.3 is 0 Å². The molecule has 0 aliphatic heterocycles. The molecule has 0 saturated heterocycles. The van der Waals surface area contributed by atoms with E-state index in [2.05, 4.69) is 4.98 Å². The van der Waals surface area contributed by atoms with Crippen molar-refractivity contribution in [3.05, 3.63) is 64.0 Å². The lowest BCUT2D eigenvalue weighted by Gasteiger charge is -2.08. The van der Waals surface area contributed by atoms with Crippen LogP contribution in [0.15, 0.2) is 53.5 Å². The SMILES string of the molecule is COc1ccc2c(-c3ccc(Cl)cc3)c[nH]c(=O)c2c1. The van der Waals surface area contributed by atoms with E-state index in [1.54, 1.807) is 19.4 Å². The fourth-order valence-corrected chi connectivity index (χ4v) is 2.36. The monoisotopic (exact) mass is 285 g/mol. The van der Waals surface area contributed by atoms with Gasteiger partial charge in [-0.05, 0) is 41.3 Å². The summed E-state index contributed by atoms with van der Waals surface area (Å²) in [5.41, 5.74) is 1.83. The van der Waals surface area contributed by atoms with Crippen LogP contribution in [0.4, 0.5) is 0 Å². The number of aromatic amines is 1. The van der Waals surface area contributed by atoms with E-state index in [1.165, 1.54) is 0 Å². The van der Waals surface area contributed by atoms with E-state index in [-0.39, 0.29) is 5.56 Å². The summed E-state index contributed by atoms with van der Waals surface area (Å²) >= 11 is 5.91. The fourth-order valence-electron chi connectivity index (χ4n) is 2.23. The Kier molecular flexibility index (Phi) is 3.20. The Morgan fingerprint density at radius 2 is 1.80 bits per heavy atom. The molecule has 0 aliphatic carbocycles. The Bertz CT molecular complexity index is 822. The third-order valence-corrected chi connectivity index (χ3v) is 3.52. The van der Waals surface area contributed by atoms with Crippen molar-refractivity contribution in [2.75, 3.05) is 7.11 Å². The molecule has 2 aromatic carbocycles. The number of hydrogen-bond donors (Lipinski definition) is 1. The molecule has 0 atom stereocenters. The number of fused-ring (bicyclic) bond motifs is 1. The van der Waals surface area contributed by atoms with Crippen LogP contribution < -0.4 is 10.3 Å². The minimum atomic E-state index is -0.128. The van der Waals surface area contributed by atoms with Gasteiger partial charge in [-0.2, -0.15) is 0 Å². The van der Waals surface area contributed by atoms with Gasteiger partial charge in [-0.3, -0.25) is 4.79 Å². The second-order valence-electron chi connectivity index (χ2n) is 4.45. The van der Waals surface area contributed by atoms with Crippen LogP contribution in [0.2, 0.25) is 5.02 Å². The van der Waals surface area contributed by atoms with E-state index >= 15 is 0 Å². The molecule has 0 unspecified atom stereocenters. The fraction of sp³-hybridized carbons (Fsp3) is 0.0625. The molecule has 3 nitrogen and oxygen atoms in total. The molecule has 3 rings (SSSR count). The molecule has 100 valence electrons. The summed E-state index contributed by atoms with van der Waals surface area (Å²) < 4.78 is 5.17. The lowest BCUT2D eigenvalue weighted by Crippen LogP contribution is -2.06. The molecule has 1 heterocycles. The van der Waals surface area contributed by atoms with Crippen LogP contribution in [-0.2, 0) is 0 Å². The van der Waals surface area contributed by atoms with Crippen molar-refractivity contribution in [3.63, 3.8) is 0 Å². The molecule has 0 saturated carbocycles. The number of pyridine rings is 1. The summed E-state index contributed by atoms with van der Waals surface area (Å²) in [6.07, 6.45) is 1.72. The molecular formula is C16H12ClNO2. The summed E-state index contributed by atoms with van der Waals surface area (Å²) in [5, 5.41) is 2.18. The molecule has 0 bridgehead atoms. The standard InChI is InChI=1S/C16H12ClNO2/c1-20-12-6-7-13-14(8-12)16(19)18-9-15(13)10-2-4-11(17)5-3-10/h2-9H,1H3,(H,18,19). The van der Waals surface area contributed by atoms with Gasteiger partial charge in [-0.25, -0.2) is 0 Å². The largest absolute Gasteiger partial charge is 0.497 e. The normalized spacial score (nSPS) is 10.7. The van der Waals surface area contributed by atoms with Gasteiger partial charge in [0.25, 0.3) is 5.56 Å². The minimum Gasteiger partial charge on any atom is -0.497 e. The number of halogens is 1. The van der Waals surface area contributed by atoms with Gasteiger partial charge in [-0.15, -0.1) is 0 Å². The smallest absolute Gasteiger partial charge is 0.255 e. The van der Waals surface area contributed by atoms with Crippen LogP contribution in [0, 0.1) is 0 Å². The zero-order chi connectivity index (χ0) is 14.1. The van der Waals surface area contributed by atoms with Crippen molar-refractivity contribution in [2.45, 2.75) is 0 Å². The van der Waals surface area contributed by atoms with Crippen molar-refractivity contribution < 1.29 is 4.74 Å². The van der Waals surface area contributed by atoms with Crippen LogP contribution >= 0.6 is 11.6 Å². The van der Waals surface area contributed by atoms with E-state index in [9.17, 15) is 4.79 Å². The van der Waals surface area contributed by atoms with Crippen molar-refractivity contribution in [1.29, 1.82) is 0 Å². The lowest BCUT2D eigenvalue weighted by molar-refractivity contribution is 0.415. The molecule has 3 aromatic rings. The van der Waals surface area contributed by atoms with Crippen LogP contribution in [0.5, 0.6) is 5.75 Å². The highest BCUT2D eigenvalue weighted by molar-refractivity contribution is 6.30. The zero-order valence-electron chi connectivity index (χ0n) is 10.8. The Labute approximate surface area is 120 Å². The number of nitrogens with one attached hydrogen (secondary N) is 1. The van der Waals surface area contributed by atoms with Crippen molar-refractivity contribution in [2.24, 2.45) is 0 Å². The summed E-state index contributed by atoms with van der Waals surface area (Å²) in [7, 11) is 1.58. The van der Waals surface area contributed by atoms with E-state index in [1.807, 2.05) is 36.4 Å². The zero-order valence-corrected chi connectivity index (χ0v) is 11.6. The van der Waals surface area contributed by atoms with E-state index < -0.39 is 0 Å². The van der Waals surface area contributed by atoms with E-state index in [0.717, 1.165) is 16.5 Å². The predicted molar refractivity (Wildman–Crippen MR) is 81.6 cm³/mol. The van der Waals surface area contributed by atoms with Crippen LogP contribution in [0.1, 0.15) is 0 Å². The van der Waals surface area contributed by atoms with Gasteiger partial charge in [0.2, 0.25) is 0 Å². The van der Waals surface area contributed by atoms with E-state index in [4.69, 9.17) is 16.3 Å². The second kappa shape index (κ2) is 5.02. The number of hydrogen-bond acceptors (Lipinski definition) is 2. The van der Waals surface area contributed by atoms with Gasteiger partial charge in [0, 0.05) is 16.8 Å². The summed E-state index contributed by atoms with van der Waals surface area (Å²) in [6.45, 7) is 0. The van der Waals surface area contributed by atoms with Gasteiger partial charge in [-0.1, -0.05) is 23.7 Å². The minimum absolute atomic E-state index is 0.128. The topological polar surface area (TPSA) is 42.1 Å². The van der Waals surface area contributed by atoms with Gasteiger partial charge in [0.05, 0.1) is 12.5 Å². The van der Waals surface area contributed by atoms with Gasteiger partial charge in [0.1, 0.15) is 5.75 Å². The Morgan fingerprint density at radius 3 is 2.50 bits per heavy atom. The number of H-pyrrole nitrogens is 1. The van der Waals surface area contributed by atoms with Crippen molar-refractivity contribution in [1.82, 2.24) is 4.98 Å². The van der Waals surface area contributed by atoms with Crippen molar-refractivity contribution in [3.8, 4) is 16.9 Å². The summed E-state index contributed by atoms with van der Waals surface area (Å²) in [4.78, 5) is 14.7. The highest BCUT2D eigenvalue weighted by Gasteiger charge is 2.08. The molecule has 1 aromatic heterocycles. The van der Waals surface area contributed by atoms with Crippen LogP contribution in [0.3, 0.4) is 0 Å². The first-order valence-electron chi connectivity index (χ1n) is 6.14. The third-order valence-electron chi connectivity index (χ3n) is 3.26. The molecular weight excluding hydrogens is 274 g/mol. The summed E-state index contributed by atoms with van der Waals surface area (Å²) in [6, 6.07) is 13.0. The predicted octanol–water partition coefficient (Wildman–Crippen LogP) is 3.86. The van der Waals surface area contributed by atoms with Gasteiger partial charge in [0.15, 0.2) is 0 Å². The van der Waals surface area contributed by atoms with Gasteiger partial charge < -0.3 is 9.72 Å². The van der Waals surface area contributed by atoms with E-state index in [0.29, 0.717) is 16.2 Å². The molecule has 1 N–H and O–H groups in total. The maximum atomic E-state index is 12.0. The molecule has 0 radical (unpaired) electrons. The van der Waals surface area contributed by atoms with Crippen LogP contribution in [-0.4, -0.2) is 12.1 Å². The Balaban J connectivity index is 2.29. The first kappa shape index (κ1) is 12.8. The molecule has 0 aliphatic rings. The number of aromatic nitrogens is 1. The highest BCUT2D eigenvalue weighted by Crippen LogP contribution is 2.29. The Morgan fingerprint density at radius 1 is 1.05 bits per heavy atom. The summed E-state index contributed by atoms with van der Waals surface area (Å²) in [5.74, 6) is 0.663. The first-order valence-corrected chi connectivity index (χ1v) is 6.52. The maximum Gasteiger partial charge on any atom is 0.255 e. The lowest BCUT2D eigenvalue weighted by atomic mass is 10.0. The van der Waals surface area contributed by atoms with Crippen LogP contribution in [0.25, 0.3) is 21.9 Å². The molecule has 0 amide bonds. The Hall–Kier alpha value is -2.26. The maximum absolute atomic E-state index is 12.0. The molecule has 20 heavy (non-hydrogen) atoms. The number of ether oxygens (including phenoxy) is 1. The average molecular weight is 286 g/mol. The number of rotatable bonds is 2. The number of benzene rings is 2. The highest BCUT2D eigenvalue weighted by atomic mass is 35.5. The average Bonchev–Trinajstić information content (AvgIpc) is 2.49. The number of methoxy groups -OCH3 is 1. The molecule has 0 spiro atoms. The quantitative estimate of drug-likeness (QED) is 0.777. The third kappa shape index (κ3) is 2.17. The molecule has 4 heteroatoms.